The number of nitrogens with zero attached hydrogens (tertiary/aromatic N) is 2. The van der Waals surface area contributed by atoms with Crippen molar-refractivity contribution in [1.29, 1.82) is 0 Å². The highest BCUT2D eigenvalue weighted by Crippen LogP contribution is 2.39. The summed E-state index contributed by atoms with van der Waals surface area (Å²) in [5, 5.41) is 0.761. The molecule has 2 heterocycles. The molecule has 0 aromatic heterocycles. The van der Waals surface area contributed by atoms with Crippen LogP contribution in [0.25, 0.3) is 0 Å². The highest BCUT2D eigenvalue weighted by molar-refractivity contribution is 9.10. The Hall–Kier alpha value is -0.220. The molecule has 0 saturated carbocycles. The van der Waals surface area contributed by atoms with Gasteiger partial charge in [0.25, 0.3) is 0 Å². The molecule has 2 aliphatic rings. The standard InChI is InChI=1S/C18H25BrN2O3S3/c19-15-4-3-6-17(14-15)27(23,24)21-11-9-20(10-12-21)18(22)7-2-1-5-16-8-13-25-26-16/h3-4,6,14,16H,1-2,5,7-13H2/t16-/m1/s1. The number of hydrogen-bond donors (Lipinski definition) is 0. The van der Waals surface area contributed by atoms with Crippen LogP contribution in [0.3, 0.4) is 0 Å². The first kappa shape index (κ1) is 21.5. The number of rotatable bonds is 7. The molecular formula is C18H25BrN2O3S3. The van der Waals surface area contributed by atoms with E-state index in [1.54, 1.807) is 24.3 Å². The molecule has 150 valence electrons. The van der Waals surface area contributed by atoms with Gasteiger partial charge in [0.15, 0.2) is 0 Å². The van der Waals surface area contributed by atoms with Crippen molar-refractivity contribution in [3.8, 4) is 0 Å². The predicted octanol–water partition coefficient (Wildman–Crippen LogP) is 4.00. The van der Waals surface area contributed by atoms with Crippen molar-refractivity contribution in [3.05, 3.63) is 28.7 Å². The number of hydrogen-bond acceptors (Lipinski definition) is 5. The Morgan fingerprint density at radius 2 is 1.96 bits per heavy atom. The van der Waals surface area contributed by atoms with E-state index >= 15 is 0 Å². The van der Waals surface area contributed by atoms with E-state index in [0.717, 1.165) is 22.6 Å². The first-order chi connectivity index (χ1) is 13.0. The Morgan fingerprint density at radius 3 is 2.63 bits per heavy atom. The number of carbonyl (C=O) groups excluding carboxylic acids is 1. The third kappa shape index (κ3) is 5.88. The number of unbranched alkanes of at least 4 members (excludes halogenated alkanes) is 1. The van der Waals surface area contributed by atoms with Crippen LogP contribution >= 0.6 is 37.5 Å². The summed E-state index contributed by atoms with van der Waals surface area (Å²) >= 11 is 3.32. The summed E-state index contributed by atoms with van der Waals surface area (Å²) in [5.41, 5.74) is 0. The van der Waals surface area contributed by atoms with Crippen LogP contribution in [-0.4, -0.2) is 60.7 Å². The maximum Gasteiger partial charge on any atom is 0.243 e. The Bertz CT molecular complexity index is 746. The maximum atomic E-state index is 12.8. The number of amides is 1. The molecule has 0 N–H and O–H groups in total. The maximum absolute atomic E-state index is 12.8. The number of piperazine rings is 1. The van der Waals surface area contributed by atoms with Crippen LogP contribution in [0.15, 0.2) is 33.6 Å². The molecule has 0 aliphatic carbocycles. The third-order valence-corrected chi connectivity index (χ3v) is 10.3. The third-order valence-electron chi connectivity index (χ3n) is 4.92. The molecule has 1 aromatic rings. The van der Waals surface area contributed by atoms with Crippen molar-refractivity contribution >= 4 is 53.4 Å². The topological polar surface area (TPSA) is 57.7 Å². The van der Waals surface area contributed by atoms with Crippen LogP contribution in [0.5, 0.6) is 0 Å². The molecule has 0 unspecified atom stereocenters. The van der Waals surface area contributed by atoms with Gasteiger partial charge in [-0.05, 0) is 37.5 Å². The summed E-state index contributed by atoms with van der Waals surface area (Å²) in [6.45, 7) is 1.66. The smallest absolute Gasteiger partial charge is 0.243 e. The van der Waals surface area contributed by atoms with Gasteiger partial charge in [-0.1, -0.05) is 50.0 Å². The summed E-state index contributed by atoms with van der Waals surface area (Å²) in [6.07, 6.45) is 5.09. The molecule has 0 spiro atoms. The van der Waals surface area contributed by atoms with E-state index in [2.05, 4.69) is 15.9 Å². The zero-order valence-electron chi connectivity index (χ0n) is 15.2. The van der Waals surface area contributed by atoms with Gasteiger partial charge in [-0.15, -0.1) is 0 Å². The van der Waals surface area contributed by atoms with Gasteiger partial charge in [-0.25, -0.2) is 8.42 Å². The molecule has 9 heteroatoms. The normalized spacial score (nSPS) is 21.5. The van der Waals surface area contributed by atoms with E-state index in [9.17, 15) is 13.2 Å². The lowest BCUT2D eigenvalue weighted by atomic mass is 10.1. The molecule has 3 rings (SSSR count). The summed E-state index contributed by atoms with van der Waals surface area (Å²) in [5.74, 6) is 1.41. The minimum absolute atomic E-state index is 0.156. The van der Waals surface area contributed by atoms with Gasteiger partial charge in [0.05, 0.1) is 4.90 Å². The minimum Gasteiger partial charge on any atom is -0.340 e. The van der Waals surface area contributed by atoms with Crippen LogP contribution in [0.4, 0.5) is 0 Å². The first-order valence-corrected chi connectivity index (χ1v) is 13.9. The van der Waals surface area contributed by atoms with Crippen molar-refractivity contribution in [2.24, 2.45) is 0 Å². The van der Waals surface area contributed by atoms with Crippen LogP contribution in [-0.2, 0) is 14.8 Å². The molecule has 0 radical (unpaired) electrons. The highest BCUT2D eigenvalue weighted by Gasteiger charge is 2.30. The van der Waals surface area contributed by atoms with Crippen LogP contribution < -0.4 is 0 Å². The Morgan fingerprint density at radius 1 is 1.19 bits per heavy atom. The van der Waals surface area contributed by atoms with Crippen LogP contribution in [0, 0.1) is 0 Å². The van der Waals surface area contributed by atoms with Crippen LogP contribution in [0.2, 0.25) is 0 Å². The van der Waals surface area contributed by atoms with Crippen molar-refractivity contribution in [2.45, 2.75) is 42.2 Å². The molecule has 1 aromatic carbocycles. The van der Waals surface area contributed by atoms with Gasteiger partial charge < -0.3 is 4.90 Å². The Balaban J connectivity index is 1.43. The van der Waals surface area contributed by atoms with E-state index in [4.69, 9.17) is 0 Å². The Labute approximate surface area is 178 Å². The highest BCUT2D eigenvalue weighted by atomic mass is 79.9. The summed E-state index contributed by atoms with van der Waals surface area (Å²) in [6, 6.07) is 6.76. The zero-order valence-corrected chi connectivity index (χ0v) is 19.2. The lowest BCUT2D eigenvalue weighted by Gasteiger charge is -2.34. The van der Waals surface area contributed by atoms with Crippen molar-refractivity contribution < 1.29 is 13.2 Å². The largest absolute Gasteiger partial charge is 0.340 e. The van der Waals surface area contributed by atoms with Crippen molar-refractivity contribution in [2.75, 3.05) is 31.9 Å². The zero-order chi connectivity index (χ0) is 19.3. The molecule has 1 amide bonds. The fourth-order valence-electron chi connectivity index (χ4n) is 3.33. The van der Waals surface area contributed by atoms with E-state index in [0.29, 0.717) is 37.5 Å². The van der Waals surface area contributed by atoms with E-state index in [1.165, 1.54) is 22.9 Å². The van der Waals surface area contributed by atoms with Crippen molar-refractivity contribution in [1.82, 2.24) is 9.21 Å². The van der Waals surface area contributed by atoms with Crippen LogP contribution in [0.1, 0.15) is 32.1 Å². The minimum atomic E-state index is -3.50. The van der Waals surface area contributed by atoms with E-state index in [1.807, 2.05) is 26.5 Å². The molecule has 5 nitrogen and oxygen atoms in total. The number of carbonyl (C=O) groups is 1. The average Bonchev–Trinajstić information content (AvgIpc) is 3.19. The average molecular weight is 494 g/mol. The second-order valence-corrected chi connectivity index (χ2v) is 12.5. The number of halogens is 1. The molecule has 2 fully saturated rings. The van der Waals surface area contributed by atoms with Gasteiger partial charge in [-0.3, -0.25) is 4.79 Å². The molecule has 2 aliphatic heterocycles. The summed E-state index contributed by atoms with van der Waals surface area (Å²) in [4.78, 5) is 14.5. The fourth-order valence-corrected chi connectivity index (χ4v) is 8.37. The molecule has 1 atom stereocenters. The quantitative estimate of drug-likeness (QED) is 0.425. The lowest BCUT2D eigenvalue weighted by molar-refractivity contribution is -0.132. The van der Waals surface area contributed by atoms with Crippen molar-refractivity contribution in [3.63, 3.8) is 0 Å². The second kappa shape index (κ2) is 10.0. The Kier molecular flexibility index (Phi) is 7.96. The number of benzene rings is 1. The van der Waals surface area contributed by atoms with Gasteiger partial charge in [0.1, 0.15) is 0 Å². The molecular weight excluding hydrogens is 468 g/mol. The molecule has 27 heavy (non-hydrogen) atoms. The predicted molar refractivity (Wildman–Crippen MR) is 116 cm³/mol. The van der Waals surface area contributed by atoms with Gasteiger partial charge in [-0.2, -0.15) is 4.31 Å². The van der Waals surface area contributed by atoms with E-state index in [-0.39, 0.29) is 5.91 Å². The first-order valence-electron chi connectivity index (χ1n) is 9.28. The van der Waals surface area contributed by atoms with Gasteiger partial charge >= 0.3 is 0 Å². The van der Waals surface area contributed by atoms with E-state index < -0.39 is 10.0 Å². The summed E-state index contributed by atoms with van der Waals surface area (Å²) < 4.78 is 27.7. The second-order valence-electron chi connectivity index (χ2n) is 6.82. The lowest BCUT2D eigenvalue weighted by Crippen LogP contribution is -2.50. The van der Waals surface area contributed by atoms with Gasteiger partial charge in [0, 0.05) is 48.1 Å². The monoisotopic (exact) mass is 492 g/mol. The molecule has 2 saturated heterocycles. The SMILES string of the molecule is O=C(CCCC[C@@H]1CCSS1)N1CCN(S(=O)(=O)c2cccc(Br)c2)CC1. The molecule has 0 bridgehead atoms. The van der Waals surface area contributed by atoms with Gasteiger partial charge in [0.2, 0.25) is 15.9 Å². The summed E-state index contributed by atoms with van der Waals surface area (Å²) in [7, 11) is 0.439. The fraction of sp³-hybridized carbons (Fsp3) is 0.611. The number of sulfonamides is 1.